The van der Waals surface area contributed by atoms with Gasteiger partial charge in [-0.05, 0) is 43.0 Å². The maximum atomic E-state index is 5.60. The Morgan fingerprint density at radius 3 is 2.73 bits per heavy atom. The summed E-state index contributed by atoms with van der Waals surface area (Å²) in [6.45, 7) is 5.39. The normalized spacial score (nSPS) is 12.1. The van der Waals surface area contributed by atoms with Crippen LogP contribution in [0.4, 0.5) is 0 Å². The maximum absolute atomic E-state index is 5.60. The summed E-state index contributed by atoms with van der Waals surface area (Å²) in [4.78, 5) is 6.05. The molecule has 3 aromatic rings. The van der Waals surface area contributed by atoms with Gasteiger partial charge < -0.3 is 14.8 Å². The number of methoxy groups -OCH3 is 1. The molecule has 0 saturated heterocycles. The molecule has 2 heterocycles. The summed E-state index contributed by atoms with van der Waals surface area (Å²) in [5, 5.41) is 9.03. The van der Waals surface area contributed by atoms with Gasteiger partial charge in [-0.25, -0.2) is 4.98 Å². The molecule has 26 heavy (non-hydrogen) atoms. The number of hydrogen-bond acceptors (Lipinski definition) is 6. The molecule has 1 atom stereocenters. The topological polar surface area (TPSA) is 43.4 Å². The summed E-state index contributed by atoms with van der Waals surface area (Å²) in [7, 11) is 1.67. The zero-order chi connectivity index (χ0) is 18.4. The second-order valence-corrected chi connectivity index (χ2v) is 7.88. The maximum Gasteiger partial charge on any atom is 0.161 e. The fourth-order valence-corrected chi connectivity index (χ4v) is 4.37. The monoisotopic (exact) mass is 388 g/mol. The van der Waals surface area contributed by atoms with Gasteiger partial charge in [0.05, 0.1) is 19.8 Å². The molecular weight excluding hydrogens is 364 g/mol. The van der Waals surface area contributed by atoms with Crippen LogP contribution >= 0.6 is 22.7 Å². The van der Waals surface area contributed by atoms with Crippen LogP contribution < -0.4 is 14.8 Å². The molecule has 1 N–H and O–H groups in total. The van der Waals surface area contributed by atoms with Gasteiger partial charge in [0.25, 0.3) is 0 Å². The Labute approximate surface area is 162 Å². The van der Waals surface area contributed by atoms with Crippen molar-refractivity contribution in [1.29, 1.82) is 0 Å². The minimum atomic E-state index is 0.199. The number of nitrogens with one attached hydrogen (secondary N) is 1. The Kier molecular flexibility index (Phi) is 6.66. The molecule has 0 saturated carbocycles. The summed E-state index contributed by atoms with van der Waals surface area (Å²) < 4.78 is 11.1. The Bertz CT molecular complexity index is 815. The number of aryl methyl sites for hydroxylation is 1. The van der Waals surface area contributed by atoms with E-state index in [9.17, 15) is 0 Å². The van der Waals surface area contributed by atoms with Crippen LogP contribution in [0.25, 0.3) is 0 Å². The second kappa shape index (κ2) is 9.16. The van der Waals surface area contributed by atoms with E-state index in [0.717, 1.165) is 40.7 Å². The molecule has 0 bridgehead atoms. The van der Waals surface area contributed by atoms with Gasteiger partial charge in [0, 0.05) is 28.9 Å². The molecule has 4 nitrogen and oxygen atoms in total. The van der Waals surface area contributed by atoms with E-state index in [1.54, 1.807) is 29.8 Å². The van der Waals surface area contributed by atoms with Crippen LogP contribution in [-0.2, 0) is 13.0 Å². The zero-order valence-electron chi connectivity index (χ0n) is 15.3. The van der Waals surface area contributed by atoms with E-state index >= 15 is 0 Å². The quantitative estimate of drug-likeness (QED) is 0.560. The molecule has 0 unspecified atom stereocenters. The average molecular weight is 389 g/mol. The van der Waals surface area contributed by atoms with Crippen molar-refractivity contribution in [2.75, 3.05) is 13.7 Å². The molecule has 0 aliphatic carbocycles. The van der Waals surface area contributed by atoms with Gasteiger partial charge in [-0.15, -0.1) is 22.7 Å². The van der Waals surface area contributed by atoms with Crippen molar-refractivity contribution >= 4 is 22.7 Å². The first-order chi connectivity index (χ1) is 12.7. The number of benzene rings is 1. The van der Waals surface area contributed by atoms with Gasteiger partial charge in [-0.2, -0.15) is 0 Å². The highest BCUT2D eigenvalue weighted by Gasteiger charge is 2.16. The number of ether oxygens (including phenoxy) is 2. The van der Waals surface area contributed by atoms with Crippen LogP contribution in [0.2, 0.25) is 0 Å². The predicted molar refractivity (Wildman–Crippen MR) is 109 cm³/mol. The van der Waals surface area contributed by atoms with Gasteiger partial charge >= 0.3 is 0 Å². The Morgan fingerprint density at radius 2 is 2.08 bits per heavy atom. The van der Waals surface area contributed by atoms with Crippen LogP contribution in [0.3, 0.4) is 0 Å². The molecule has 0 amide bonds. The second-order valence-electron chi connectivity index (χ2n) is 5.96. The van der Waals surface area contributed by atoms with Crippen molar-refractivity contribution < 1.29 is 9.47 Å². The fraction of sp³-hybridized carbons (Fsp3) is 0.350. The first kappa shape index (κ1) is 18.9. The third-order valence-corrected chi connectivity index (χ3v) is 5.98. The summed E-state index contributed by atoms with van der Waals surface area (Å²) in [6, 6.07) is 10.6. The Balaban J connectivity index is 1.73. The van der Waals surface area contributed by atoms with Crippen LogP contribution in [0.5, 0.6) is 11.5 Å². The number of nitrogens with zero attached hydrogens (tertiary/aromatic N) is 1. The predicted octanol–water partition coefficient (Wildman–Crippen LogP) is 4.99. The van der Waals surface area contributed by atoms with Crippen LogP contribution in [-0.4, -0.2) is 18.7 Å². The largest absolute Gasteiger partial charge is 0.493 e. The lowest BCUT2D eigenvalue weighted by molar-refractivity contribution is 0.310. The van der Waals surface area contributed by atoms with Crippen LogP contribution in [0, 0.1) is 6.92 Å². The van der Waals surface area contributed by atoms with Crippen molar-refractivity contribution in [1.82, 2.24) is 10.3 Å². The third-order valence-electron chi connectivity index (χ3n) is 4.00. The van der Waals surface area contributed by atoms with Crippen molar-refractivity contribution in [2.45, 2.75) is 32.9 Å². The highest BCUT2D eigenvalue weighted by atomic mass is 32.1. The first-order valence-corrected chi connectivity index (χ1v) is 10.4. The fourth-order valence-electron chi connectivity index (χ4n) is 2.75. The van der Waals surface area contributed by atoms with Gasteiger partial charge in [-0.1, -0.05) is 12.1 Å². The van der Waals surface area contributed by atoms with Crippen molar-refractivity contribution in [3.8, 4) is 11.5 Å². The number of rotatable bonds is 9. The van der Waals surface area contributed by atoms with E-state index in [1.165, 1.54) is 4.88 Å². The standard InChI is InChI=1S/C20H24N2O2S2/c1-4-24-18-8-7-15(10-19(18)23-3)12-21-17(11-16-6-5-9-25-16)20-22-14(2)13-26-20/h5-10,13,17,21H,4,11-12H2,1-3H3/t17-/m1/s1. The summed E-state index contributed by atoms with van der Waals surface area (Å²) in [5.41, 5.74) is 2.24. The molecule has 6 heteroatoms. The van der Waals surface area contributed by atoms with E-state index in [4.69, 9.17) is 14.5 Å². The van der Waals surface area contributed by atoms with Gasteiger partial charge in [0.1, 0.15) is 5.01 Å². The lowest BCUT2D eigenvalue weighted by atomic mass is 10.1. The summed E-state index contributed by atoms with van der Waals surface area (Å²) in [5.74, 6) is 1.55. The van der Waals surface area contributed by atoms with Gasteiger partial charge in [0.2, 0.25) is 0 Å². The molecule has 0 aliphatic rings. The number of aromatic nitrogens is 1. The van der Waals surface area contributed by atoms with E-state index in [-0.39, 0.29) is 6.04 Å². The highest BCUT2D eigenvalue weighted by molar-refractivity contribution is 7.10. The molecule has 0 spiro atoms. The molecule has 0 radical (unpaired) electrons. The Hall–Kier alpha value is -1.89. The Morgan fingerprint density at radius 1 is 1.19 bits per heavy atom. The summed E-state index contributed by atoms with van der Waals surface area (Å²) >= 11 is 3.51. The lowest BCUT2D eigenvalue weighted by Crippen LogP contribution is -2.22. The first-order valence-electron chi connectivity index (χ1n) is 8.67. The molecule has 138 valence electrons. The van der Waals surface area contributed by atoms with Crippen molar-refractivity contribution in [3.05, 3.63) is 62.2 Å². The van der Waals surface area contributed by atoms with Crippen molar-refractivity contribution in [3.63, 3.8) is 0 Å². The van der Waals surface area contributed by atoms with Crippen molar-refractivity contribution in [2.24, 2.45) is 0 Å². The summed E-state index contributed by atoms with van der Waals surface area (Å²) in [6.07, 6.45) is 0.943. The average Bonchev–Trinajstić information content (AvgIpc) is 3.31. The molecular formula is C20H24N2O2S2. The van der Waals surface area contributed by atoms with Crippen LogP contribution in [0.1, 0.15) is 34.1 Å². The molecule has 0 aliphatic heterocycles. The molecule has 0 fully saturated rings. The minimum absolute atomic E-state index is 0.199. The SMILES string of the molecule is CCOc1ccc(CN[C@H](Cc2cccs2)c2nc(C)cs2)cc1OC. The van der Waals surface area contributed by atoms with E-state index < -0.39 is 0 Å². The number of thiazole rings is 1. The van der Waals surface area contributed by atoms with E-state index in [1.807, 2.05) is 26.0 Å². The van der Waals surface area contributed by atoms with E-state index in [0.29, 0.717) is 6.61 Å². The number of hydrogen-bond donors (Lipinski definition) is 1. The zero-order valence-corrected chi connectivity index (χ0v) is 17.0. The molecule has 2 aromatic heterocycles. The minimum Gasteiger partial charge on any atom is -0.493 e. The molecule has 3 rings (SSSR count). The molecule has 1 aromatic carbocycles. The number of thiophene rings is 1. The van der Waals surface area contributed by atoms with Gasteiger partial charge in [0.15, 0.2) is 11.5 Å². The third kappa shape index (κ3) is 4.84. The smallest absolute Gasteiger partial charge is 0.161 e. The van der Waals surface area contributed by atoms with E-state index in [2.05, 4.69) is 34.3 Å². The highest BCUT2D eigenvalue weighted by Crippen LogP contribution is 2.29. The van der Waals surface area contributed by atoms with Gasteiger partial charge in [-0.3, -0.25) is 0 Å². The van der Waals surface area contributed by atoms with Crippen LogP contribution in [0.15, 0.2) is 41.1 Å². The lowest BCUT2D eigenvalue weighted by Gasteiger charge is -2.17.